The molecule has 1 N–H and O–H groups in total. The molecule has 1 aromatic heterocycles. The lowest BCUT2D eigenvalue weighted by atomic mass is 10.0. The smallest absolute Gasteiger partial charge is 0.312 e. The molecule has 1 heterocycles. The van der Waals surface area contributed by atoms with Gasteiger partial charge in [0.15, 0.2) is 5.69 Å². The number of aromatic hydroxyl groups is 1. The lowest BCUT2D eigenvalue weighted by Crippen LogP contribution is -1.84. The average Bonchev–Trinajstić information content (AvgIpc) is 3.12. The predicted molar refractivity (Wildman–Crippen MR) is 112 cm³/mol. The number of hydrogen-bond donors (Lipinski definition) is 1. The van der Waals surface area contributed by atoms with E-state index in [4.69, 9.17) is 4.42 Å². The fourth-order valence-corrected chi connectivity index (χ4v) is 3.33. The summed E-state index contributed by atoms with van der Waals surface area (Å²) in [7, 11) is 0. The predicted octanol–water partition coefficient (Wildman–Crippen LogP) is 6.10. The fourth-order valence-electron chi connectivity index (χ4n) is 3.33. The molecule has 28 heavy (non-hydrogen) atoms. The van der Waals surface area contributed by atoms with Crippen LogP contribution in [0.25, 0.3) is 33.0 Å². The van der Waals surface area contributed by atoms with Crippen LogP contribution in [0.5, 0.6) is 5.95 Å². The summed E-state index contributed by atoms with van der Waals surface area (Å²) < 4.78 is 5.52. The molecule has 4 nitrogen and oxygen atoms in total. The molecule has 0 aliphatic carbocycles. The van der Waals surface area contributed by atoms with Gasteiger partial charge in [-0.15, -0.1) is 0 Å². The first-order valence-corrected chi connectivity index (χ1v) is 8.99. The quantitative estimate of drug-likeness (QED) is 0.393. The molecule has 0 radical (unpaired) electrons. The standard InChI is InChI=1S/C24H16N2O2/c27-24-22(15-25-19-13-12-16-6-1-2-8-18(16)14-19)26-23(28-24)21-11-5-9-17-7-3-4-10-20(17)21/h1-15,27H. The second kappa shape index (κ2) is 6.67. The maximum absolute atomic E-state index is 10.2. The van der Waals surface area contributed by atoms with E-state index in [1.165, 1.54) is 6.21 Å². The number of aromatic nitrogens is 1. The van der Waals surface area contributed by atoms with Crippen LogP contribution < -0.4 is 0 Å². The van der Waals surface area contributed by atoms with Gasteiger partial charge in [0.05, 0.1) is 11.9 Å². The van der Waals surface area contributed by atoms with Crippen LogP contribution in [0.2, 0.25) is 0 Å². The molecular formula is C24H16N2O2. The third kappa shape index (κ3) is 2.91. The van der Waals surface area contributed by atoms with E-state index < -0.39 is 0 Å². The van der Waals surface area contributed by atoms with Gasteiger partial charge in [0.2, 0.25) is 5.89 Å². The molecule has 0 aliphatic heterocycles. The number of rotatable bonds is 3. The molecule has 5 rings (SSSR count). The van der Waals surface area contributed by atoms with Gasteiger partial charge >= 0.3 is 5.95 Å². The van der Waals surface area contributed by atoms with Crippen LogP contribution in [0.1, 0.15) is 5.69 Å². The SMILES string of the molecule is Oc1oc(-c2cccc3ccccc23)nc1C=Nc1ccc2ccccc2c1. The Kier molecular flexibility index (Phi) is 3.87. The molecular weight excluding hydrogens is 348 g/mol. The number of nitrogens with zero attached hydrogens (tertiary/aromatic N) is 2. The van der Waals surface area contributed by atoms with Crippen LogP contribution in [0.4, 0.5) is 5.69 Å². The minimum atomic E-state index is -0.243. The van der Waals surface area contributed by atoms with Crippen molar-refractivity contribution >= 4 is 33.4 Å². The molecule has 4 heteroatoms. The van der Waals surface area contributed by atoms with Crippen LogP contribution in [-0.4, -0.2) is 16.3 Å². The lowest BCUT2D eigenvalue weighted by Gasteiger charge is -2.01. The average molecular weight is 364 g/mol. The van der Waals surface area contributed by atoms with E-state index in [0.717, 1.165) is 32.8 Å². The second-order valence-electron chi connectivity index (χ2n) is 6.53. The van der Waals surface area contributed by atoms with Crippen molar-refractivity contribution in [3.63, 3.8) is 0 Å². The first-order valence-electron chi connectivity index (χ1n) is 8.99. The third-order valence-electron chi connectivity index (χ3n) is 4.72. The lowest BCUT2D eigenvalue weighted by molar-refractivity contribution is 0.337. The maximum atomic E-state index is 10.2. The first kappa shape index (κ1) is 16.3. The van der Waals surface area contributed by atoms with E-state index in [9.17, 15) is 5.11 Å². The van der Waals surface area contributed by atoms with E-state index in [1.54, 1.807) is 0 Å². The third-order valence-corrected chi connectivity index (χ3v) is 4.72. The Morgan fingerprint density at radius 1 is 0.786 bits per heavy atom. The summed E-state index contributed by atoms with van der Waals surface area (Å²) in [5.74, 6) is 0.127. The highest BCUT2D eigenvalue weighted by Gasteiger charge is 2.14. The zero-order valence-electron chi connectivity index (χ0n) is 14.9. The highest BCUT2D eigenvalue weighted by Crippen LogP contribution is 2.31. The Hall–Kier alpha value is -3.92. The van der Waals surface area contributed by atoms with Gasteiger partial charge in [-0.05, 0) is 39.7 Å². The van der Waals surface area contributed by atoms with Crippen LogP contribution in [0.15, 0.2) is 94.3 Å². The van der Waals surface area contributed by atoms with Gasteiger partial charge in [-0.2, -0.15) is 0 Å². The van der Waals surface area contributed by atoms with Crippen molar-refractivity contribution in [1.29, 1.82) is 0 Å². The molecule has 0 saturated carbocycles. The summed E-state index contributed by atoms with van der Waals surface area (Å²) in [6.45, 7) is 0. The maximum Gasteiger partial charge on any atom is 0.312 e. The van der Waals surface area contributed by atoms with Crippen molar-refractivity contribution < 1.29 is 9.52 Å². The highest BCUT2D eigenvalue weighted by atomic mass is 16.5. The Morgan fingerprint density at radius 2 is 1.54 bits per heavy atom. The van der Waals surface area contributed by atoms with E-state index in [2.05, 4.69) is 16.0 Å². The first-order chi connectivity index (χ1) is 13.8. The van der Waals surface area contributed by atoms with Crippen molar-refractivity contribution in [2.45, 2.75) is 0 Å². The number of fused-ring (bicyclic) bond motifs is 2. The zero-order chi connectivity index (χ0) is 18.9. The van der Waals surface area contributed by atoms with Crippen molar-refractivity contribution in [3.8, 4) is 17.4 Å². The topological polar surface area (TPSA) is 58.6 Å². The molecule has 0 aliphatic rings. The van der Waals surface area contributed by atoms with Gasteiger partial charge in [0.1, 0.15) is 0 Å². The van der Waals surface area contributed by atoms with Crippen LogP contribution >= 0.6 is 0 Å². The molecule has 0 fully saturated rings. The molecule has 0 amide bonds. The van der Waals surface area contributed by atoms with Crippen molar-refractivity contribution in [3.05, 3.63) is 90.6 Å². The highest BCUT2D eigenvalue weighted by molar-refractivity contribution is 5.95. The molecule has 0 spiro atoms. The number of aliphatic imine (C=N–C) groups is 1. The summed E-state index contributed by atoms with van der Waals surface area (Å²) in [5, 5.41) is 14.6. The van der Waals surface area contributed by atoms with E-state index >= 15 is 0 Å². The molecule has 0 saturated heterocycles. The monoisotopic (exact) mass is 364 g/mol. The second-order valence-corrected chi connectivity index (χ2v) is 6.53. The van der Waals surface area contributed by atoms with Crippen LogP contribution in [-0.2, 0) is 0 Å². The zero-order valence-corrected chi connectivity index (χ0v) is 14.9. The molecule has 0 bridgehead atoms. The number of benzene rings is 4. The van der Waals surface area contributed by atoms with Gasteiger partial charge in [-0.1, -0.05) is 66.7 Å². The number of oxazole rings is 1. The van der Waals surface area contributed by atoms with Gasteiger partial charge in [-0.3, -0.25) is 4.99 Å². The summed E-state index contributed by atoms with van der Waals surface area (Å²) in [4.78, 5) is 8.89. The van der Waals surface area contributed by atoms with E-state index in [0.29, 0.717) is 11.6 Å². The van der Waals surface area contributed by atoms with Crippen molar-refractivity contribution in [2.75, 3.05) is 0 Å². The minimum Gasteiger partial charge on any atom is -0.479 e. The minimum absolute atomic E-state index is 0.243. The van der Waals surface area contributed by atoms with Gasteiger partial charge in [0, 0.05) is 5.56 Å². The molecule has 0 atom stereocenters. The van der Waals surface area contributed by atoms with Gasteiger partial charge in [-0.25, -0.2) is 4.98 Å². The Bertz CT molecular complexity index is 1330. The van der Waals surface area contributed by atoms with E-state index in [1.807, 2.05) is 78.9 Å². The van der Waals surface area contributed by atoms with Crippen LogP contribution in [0, 0.1) is 0 Å². The van der Waals surface area contributed by atoms with Crippen molar-refractivity contribution in [2.24, 2.45) is 4.99 Å². The summed E-state index contributed by atoms with van der Waals surface area (Å²) in [5.41, 5.74) is 1.92. The molecule has 134 valence electrons. The normalized spacial score (nSPS) is 11.6. The van der Waals surface area contributed by atoms with Crippen molar-refractivity contribution in [1.82, 2.24) is 4.98 Å². The Labute approximate surface area is 161 Å². The summed E-state index contributed by atoms with van der Waals surface area (Å²) in [6.07, 6.45) is 1.53. The molecule has 0 unspecified atom stereocenters. The Balaban J connectivity index is 1.51. The molecule has 4 aromatic carbocycles. The molecule has 5 aromatic rings. The Morgan fingerprint density at radius 3 is 2.43 bits per heavy atom. The van der Waals surface area contributed by atoms with E-state index in [-0.39, 0.29) is 5.95 Å². The largest absolute Gasteiger partial charge is 0.479 e. The van der Waals surface area contributed by atoms with Gasteiger partial charge in [0.25, 0.3) is 0 Å². The summed E-state index contributed by atoms with van der Waals surface area (Å²) in [6, 6.07) is 28.0. The number of hydrogen-bond acceptors (Lipinski definition) is 4. The summed E-state index contributed by atoms with van der Waals surface area (Å²) >= 11 is 0. The van der Waals surface area contributed by atoms with Crippen LogP contribution in [0.3, 0.4) is 0 Å². The fraction of sp³-hybridized carbons (Fsp3) is 0. The van der Waals surface area contributed by atoms with Gasteiger partial charge < -0.3 is 9.52 Å².